The van der Waals surface area contributed by atoms with Gasteiger partial charge in [-0.25, -0.2) is 0 Å². The fraction of sp³-hybridized carbons (Fsp3) is 0. The minimum Gasteiger partial charge on any atom is -0.183 e. The van der Waals surface area contributed by atoms with Crippen LogP contribution < -0.4 is 14.0 Å². The van der Waals surface area contributed by atoms with Crippen LogP contribution in [0.5, 0.6) is 0 Å². The van der Waals surface area contributed by atoms with Crippen LogP contribution in [0, 0.1) is 48.9 Å². The molecule has 6 heteroatoms. The molecule has 0 aromatic heterocycles. The Hall–Kier alpha value is 1.42. The second kappa shape index (κ2) is 3.42. The van der Waals surface area contributed by atoms with Crippen molar-refractivity contribution in [2.45, 2.75) is 0 Å². The van der Waals surface area contributed by atoms with Gasteiger partial charge < -0.3 is 0 Å². The molecule has 41 valence electrons. The van der Waals surface area contributed by atoms with Crippen LogP contribution in [0.25, 0.3) is 0 Å². The monoisotopic (exact) mass is 259 g/mol. The number of rotatable bonds is 0. The summed E-state index contributed by atoms with van der Waals surface area (Å²) in [6.07, 6.45) is 0. The first-order valence-electron chi connectivity index (χ1n) is 0.632. The molecule has 0 atom stereocenters. The van der Waals surface area contributed by atoms with Gasteiger partial charge in [-0.05, 0) is 0 Å². The van der Waals surface area contributed by atoms with Crippen LogP contribution in [0.3, 0.4) is 0 Å². The predicted molar refractivity (Wildman–Crippen MR) is 2.22 cm³/mol. The van der Waals surface area contributed by atoms with Gasteiger partial charge in [0.15, 0.2) is 0 Å². The van der Waals surface area contributed by atoms with E-state index >= 15 is 0 Å². The smallest absolute Gasteiger partial charge is 0.0777 e. The van der Waals surface area contributed by atoms with Gasteiger partial charge in [0.1, 0.15) is 0 Å². The Morgan fingerprint density at radius 3 is 1.17 bits per heavy atom. The van der Waals surface area contributed by atoms with E-state index in [9.17, 15) is 0 Å². The third-order valence-electron chi connectivity index (χ3n) is 0. The Balaban J connectivity index is 0. The van der Waals surface area contributed by atoms with Crippen LogP contribution in [-0.2, 0) is 0 Å². The Bertz CT molecular complexity index is 23.0. The second-order valence-corrected chi connectivity index (χ2v) is 1.19. The summed E-state index contributed by atoms with van der Waals surface area (Å²) in [5.41, 5.74) is 0. The van der Waals surface area contributed by atoms with E-state index in [2.05, 4.69) is 0 Å². The first-order chi connectivity index (χ1) is 2.00. The largest absolute Gasteiger partial charge is 0.183 e. The van der Waals surface area contributed by atoms with Crippen LogP contribution in [0.4, 0.5) is 0 Å². The predicted octanol–water partition coefficient (Wildman–Crippen LogP) is -4.12. The molecule has 6 heavy (non-hydrogen) atoms. The van der Waals surface area contributed by atoms with Crippen LogP contribution in [-0.4, -0.2) is 4.66 Å². The van der Waals surface area contributed by atoms with E-state index in [-0.39, 0.29) is 38.6 Å². The van der Waals surface area contributed by atoms with Crippen molar-refractivity contribution in [3.8, 4) is 0 Å². The molecule has 0 amide bonds. The van der Waals surface area contributed by atoms with Crippen molar-refractivity contribution in [2.75, 3.05) is 0 Å². The van der Waals surface area contributed by atoms with E-state index in [1.54, 1.807) is 0 Å². The number of hydrogen-bond donors (Lipinski definition) is 1. The van der Waals surface area contributed by atoms with Gasteiger partial charge in [-0.2, -0.15) is 14.0 Å². The third kappa shape index (κ3) is 52.7. The van der Waals surface area contributed by atoms with Gasteiger partial charge >= 0.3 is 0 Å². The van der Waals surface area contributed by atoms with Gasteiger partial charge in [-0.1, -0.05) is 0 Å². The molecule has 4 nitrogen and oxygen atoms in total. The van der Waals surface area contributed by atoms with Crippen LogP contribution in [0.15, 0.2) is 0 Å². The minimum absolute atomic E-state index is 0. The molecule has 0 saturated heterocycles. The molecule has 0 spiro atoms. The summed E-state index contributed by atoms with van der Waals surface area (Å²) in [7, 11) is -4.69. The molecule has 1 radical (unpaired) electrons. The van der Waals surface area contributed by atoms with E-state index in [0.717, 1.165) is 0 Å². The molecule has 0 aliphatic carbocycles. The summed E-state index contributed by atoms with van der Waals surface area (Å²) in [5.74, 6) is 0. The quantitative estimate of drug-likeness (QED) is 0.478. The maximum Gasteiger partial charge on any atom is 0.0777 e. The molecule has 0 aromatic carbocycles. The van der Waals surface area contributed by atoms with Gasteiger partial charge in [0.25, 0.3) is 0 Å². The standard InChI is InChI=1S/ClHO4.Tb/c2-1(3,4)5;/h(H,2,3,4,5);. The Kier molecular flexibility index (Phi) is 5.94. The zero-order valence-corrected chi connectivity index (χ0v) is 5.28. The number of hydrogen-bond acceptors (Lipinski definition) is 4. The Morgan fingerprint density at radius 2 is 1.17 bits per heavy atom. The number of halogens is 1. The zero-order valence-electron chi connectivity index (χ0n) is 2.38. The molecular weight excluding hydrogens is 258 g/mol. The third-order valence-corrected chi connectivity index (χ3v) is 0. The molecule has 0 rings (SSSR count). The van der Waals surface area contributed by atoms with Crippen LogP contribution in [0.1, 0.15) is 0 Å². The molecule has 0 bridgehead atoms. The van der Waals surface area contributed by atoms with Crippen LogP contribution >= 0.6 is 0 Å². The fourth-order valence-corrected chi connectivity index (χ4v) is 0. The van der Waals surface area contributed by atoms with Gasteiger partial charge in [0, 0.05) is 38.6 Å². The van der Waals surface area contributed by atoms with E-state index in [1.807, 2.05) is 0 Å². The van der Waals surface area contributed by atoms with Crippen LogP contribution in [0.2, 0.25) is 0 Å². The summed E-state index contributed by atoms with van der Waals surface area (Å²) in [6, 6.07) is 0. The maximum atomic E-state index is 8.60. The van der Waals surface area contributed by atoms with Gasteiger partial charge in [0.05, 0.1) is 14.9 Å². The molecule has 0 aliphatic rings. The maximum absolute atomic E-state index is 8.60. The molecular formula is HClO4Tb. The molecule has 0 heterocycles. The Labute approximate surface area is 66.9 Å². The van der Waals surface area contributed by atoms with Crippen molar-refractivity contribution in [1.29, 1.82) is 0 Å². The van der Waals surface area contributed by atoms with E-state index in [0.29, 0.717) is 0 Å². The van der Waals surface area contributed by atoms with Gasteiger partial charge in [-0.15, -0.1) is 0 Å². The second-order valence-electron chi connectivity index (χ2n) is 0.396. The van der Waals surface area contributed by atoms with Gasteiger partial charge in [-0.3, -0.25) is 0 Å². The first kappa shape index (κ1) is 10.4. The summed E-state index contributed by atoms with van der Waals surface area (Å²) >= 11 is 0. The minimum atomic E-state index is -4.69. The van der Waals surface area contributed by atoms with Crippen molar-refractivity contribution >= 4 is 0 Å². The normalized spacial score (nSPS) is 10.0. The van der Waals surface area contributed by atoms with E-state index in [1.165, 1.54) is 0 Å². The molecule has 0 fully saturated rings. The van der Waals surface area contributed by atoms with Crippen molar-refractivity contribution in [3.05, 3.63) is 0 Å². The van der Waals surface area contributed by atoms with E-state index < -0.39 is 10.2 Å². The molecule has 0 unspecified atom stereocenters. The molecule has 0 aromatic rings. The van der Waals surface area contributed by atoms with Crippen molar-refractivity contribution < 1.29 is 67.5 Å². The Morgan fingerprint density at radius 1 is 1.17 bits per heavy atom. The van der Waals surface area contributed by atoms with Crippen molar-refractivity contribution in [1.82, 2.24) is 0 Å². The van der Waals surface area contributed by atoms with E-state index in [4.69, 9.17) is 18.6 Å². The first-order valence-corrected chi connectivity index (χ1v) is 1.90. The molecule has 0 saturated carbocycles. The van der Waals surface area contributed by atoms with Gasteiger partial charge in [0.2, 0.25) is 0 Å². The SMILES string of the molecule is [O-][Cl+3]([O-])([O-])O.[Tb]. The molecule has 1 N–H and O–H groups in total. The zero-order chi connectivity index (χ0) is 4.50. The summed E-state index contributed by atoms with van der Waals surface area (Å²) in [4.78, 5) is 0. The van der Waals surface area contributed by atoms with Crippen molar-refractivity contribution in [2.24, 2.45) is 0 Å². The summed E-state index contributed by atoms with van der Waals surface area (Å²) in [5, 5.41) is 0. The summed E-state index contributed by atoms with van der Waals surface area (Å²) in [6.45, 7) is 0. The fourth-order valence-electron chi connectivity index (χ4n) is 0. The summed E-state index contributed by atoms with van der Waals surface area (Å²) < 4.78 is 32.7. The van der Waals surface area contributed by atoms with Crippen molar-refractivity contribution in [3.63, 3.8) is 0 Å². The average molecular weight is 259 g/mol. The topological polar surface area (TPSA) is 89.4 Å². The average Bonchev–Trinajstić information content (AvgIpc) is 0.722. The molecule has 0 aliphatic heterocycles.